The Bertz CT molecular complexity index is 757. The van der Waals surface area contributed by atoms with Crippen LogP contribution in [-0.4, -0.2) is 41.3 Å². The van der Waals surface area contributed by atoms with E-state index in [0.717, 1.165) is 16.7 Å². The zero-order chi connectivity index (χ0) is 17.1. The van der Waals surface area contributed by atoms with Crippen LogP contribution in [0, 0.1) is 0 Å². The van der Waals surface area contributed by atoms with Crippen LogP contribution in [0.4, 0.5) is 0 Å². The van der Waals surface area contributed by atoms with Gasteiger partial charge in [-0.2, -0.15) is 0 Å². The van der Waals surface area contributed by atoms with Crippen molar-refractivity contribution in [3.63, 3.8) is 0 Å². The fourth-order valence-electron chi connectivity index (χ4n) is 3.22. The maximum Gasteiger partial charge on any atom is 0.254 e. The first-order valence-corrected chi connectivity index (χ1v) is 8.01. The number of aromatic hydroxyl groups is 1. The summed E-state index contributed by atoms with van der Waals surface area (Å²) in [4.78, 5) is 14.2. The molecular weight excluding hydrogens is 306 g/mol. The first kappa shape index (κ1) is 16.3. The molecule has 126 valence electrons. The Morgan fingerprint density at radius 3 is 2.67 bits per heavy atom. The van der Waals surface area contributed by atoms with E-state index in [1.807, 2.05) is 35.2 Å². The normalized spacial score (nSPS) is 13.2. The van der Waals surface area contributed by atoms with Crippen molar-refractivity contribution in [3.8, 4) is 11.5 Å². The summed E-state index contributed by atoms with van der Waals surface area (Å²) < 4.78 is 5.44. The van der Waals surface area contributed by atoms with E-state index >= 15 is 0 Å². The molecule has 2 N–H and O–H groups in total. The molecular formula is C19H21NO4. The number of aliphatic hydroxyl groups excluding tert-OH is 1. The number of hydrogen-bond acceptors (Lipinski definition) is 4. The van der Waals surface area contributed by atoms with E-state index < -0.39 is 0 Å². The van der Waals surface area contributed by atoms with Crippen LogP contribution in [0.5, 0.6) is 11.5 Å². The van der Waals surface area contributed by atoms with Crippen molar-refractivity contribution in [2.24, 2.45) is 0 Å². The van der Waals surface area contributed by atoms with Gasteiger partial charge in [0.05, 0.1) is 7.11 Å². The lowest BCUT2D eigenvalue weighted by molar-refractivity contribution is 0.0780. The highest BCUT2D eigenvalue weighted by molar-refractivity contribution is 5.98. The van der Waals surface area contributed by atoms with E-state index in [1.165, 1.54) is 0 Å². The highest BCUT2D eigenvalue weighted by Crippen LogP contribution is 2.33. The maximum absolute atomic E-state index is 12.4. The number of benzene rings is 2. The van der Waals surface area contributed by atoms with Gasteiger partial charge in [0.25, 0.3) is 5.91 Å². The van der Waals surface area contributed by atoms with Crippen LogP contribution >= 0.6 is 0 Å². The molecule has 0 saturated carbocycles. The lowest BCUT2D eigenvalue weighted by Gasteiger charge is -2.18. The molecule has 0 atom stereocenters. The van der Waals surface area contributed by atoms with Crippen LogP contribution in [0.2, 0.25) is 0 Å². The highest BCUT2D eigenvalue weighted by Gasteiger charge is 2.26. The number of aliphatic hydroxyl groups is 1. The van der Waals surface area contributed by atoms with E-state index in [0.29, 0.717) is 37.2 Å². The third-order valence-corrected chi connectivity index (χ3v) is 4.43. The third kappa shape index (κ3) is 2.95. The first-order valence-electron chi connectivity index (χ1n) is 8.01. The molecule has 1 aliphatic rings. The lowest BCUT2D eigenvalue weighted by Crippen LogP contribution is -2.26. The molecule has 24 heavy (non-hydrogen) atoms. The number of fused-ring (bicyclic) bond motifs is 1. The zero-order valence-corrected chi connectivity index (χ0v) is 13.7. The van der Waals surface area contributed by atoms with Gasteiger partial charge in [-0.1, -0.05) is 24.3 Å². The molecule has 1 heterocycles. The standard InChI is InChI=1S/C19H21NO4/c1-24-18-13(6-7-17(22)16(18)9-11-21)8-10-20-12-14-4-2-3-5-15(14)19(20)23/h2-7,21-22H,8-12H2,1H3. The number of carbonyl (C=O) groups excluding carboxylic acids is 1. The van der Waals surface area contributed by atoms with Crippen molar-refractivity contribution in [2.45, 2.75) is 19.4 Å². The fraction of sp³-hybridized carbons (Fsp3) is 0.316. The largest absolute Gasteiger partial charge is 0.508 e. The van der Waals surface area contributed by atoms with Gasteiger partial charge < -0.3 is 19.8 Å². The van der Waals surface area contributed by atoms with Gasteiger partial charge in [0, 0.05) is 37.2 Å². The number of hydrogen-bond donors (Lipinski definition) is 2. The number of phenols is 1. The quantitative estimate of drug-likeness (QED) is 0.853. The molecule has 2 aromatic rings. The SMILES string of the molecule is COc1c(CCN2Cc3ccccc3C2=O)ccc(O)c1CCO. The minimum atomic E-state index is -0.0622. The maximum atomic E-state index is 12.4. The van der Waals surface area contributed by atoms with Gasteiger partial charge in [-0.05, 0) is 29.7 Å². The summed E-state index contributed by atoms with van der Waals surface area (Å²) in [5, 5.41) is 19.1. The molecule has 0 aliphatic carbocycles. The molecule has 3 rings (SSSR count). The van der Waals surface area contributed by atoms with Gasteiger partial charge >= 0.3 is 0 Å². The Morgan fingerprint density at radius 2 is 1.96 bits per heavy atom. The third-order valence-electron chi connectivity index (χ3n) is 4.43. The van der Waals surface area contributed by atoms with Crippen molar-refractivity contribution in [3.05, 3.63) is 58.7 Å². The topological polar surface area (TPSA) is 70.0 Å². The molecule has 5 heteroatoms. The summed E-state index contributed by atoms with van der Waals surface area (Å²) in [6, 6.07) is 11.1. The average molecular weight is 327 g/mol. The predicted molar refractivity (Wildman–Crippen MR) is 90.3 cm³/mol. The van der Waals surface area contributed by atoms with Crippen molar-refractivity contribution >= 4 is 5.91 Å². The number of nitrogens with zero attached hydrogens (tertiary/aromatic N) is 1. The van der Waals surface area contributed by atoms with E-state index in [4.69, 9.17) is 4.74 Å². The Morgan fingerprint density at radius 1 is 1.17 bits per heavy atom. The summed E-state index contributed by atoms with van der Waals surface area (Å²) in [6.45, 7) is 1.14. The smallest absolute Gasteiger partial charge is 0.254 e. The molecule has 0 aromatic heterocycles. The lowest BCUT2D eigenvalue weighted by atomic mass is 10.0. The summed E-state index contributed by atoms with van der Waals surface area (Å²) in [5.74, 6) is 0.765. The van der Waals surface area contributed by atoms with Crippen LogP contribution < -0.4 is 4.74 Å². The number of methoxy groups -OCH3 is 1. The number of ether oxygens (including phenoxy) is 1. The van der Waals surface area contributed by atoms with Crippen LogP contribution in [0.1, 0.15) is 27.0 Å². The van der Waals surface area contributed by atoms with Crippen molar-refractivity contribution in [1.82, 2.24) is 4.90 Å². The van der Waals surface area contributed by atoms with Gasteiger partial charge in [0.1, 0.15) is 11.5 Å². The molecule has 2 aromatic carbocycles. The fourth-order valence-corrected chi connectivity index (χ4v) is 3.22. The van der Waals surface area contributed by atoms with Crippen LogP contribution in [0.25, 0.3) is 0 Å². The van der Waals surface area contributed by atoms with E-state index in [9.17, 15) is 15.0 Å². The Hall–Kier alpha value is -2.53. The molecule has 0 saturated heterocycles. The van der Waals surface area contributed by atoms with E-state index in [2.05, 4.69) is 0 Å². The summed E-state index contributed by atoms with van der Waals surface area (Å²) in [7, 11) is 1.55. The summed E-state index contributed by atoms with van der Waals surface area (Å²) >= 11 is 0. The van der Waals surface area contributed by atoms with Gasteiger partial charge in [-0.15, -0.1) is 0 Å². The van der Waals surface area contributed by atoms with Crippen molar-refractivity contribution in [1.29, 1.82) is 0 Å². The summed E-state index contributed by atoms with van der Waals surface area (Å²) in [5.41, 5.74) is 3.35. The summed E-state index contributed by atoms with van der Waals surface area (Å²) in [6.07, 6.45) is 0.957. The molecule has 1 amide bonds. The Labute approximate surface area is 141 Å². The number of phenolic OH excluding ortho intramolecular Hbond substituents is 1. The molecule has 0 bridgehead atoms. The Kier molecular flexibility index (Phi) is 4.71. The second-order valence-electron chi connectivity index (χ2n) is 5.86. The van der Waals surface area contributed by atoms with Crippen molar-refractivity contribution in [2.75, 3.05) is 20.3 Å². The highest BCUT2D eigenvalue weighted by atomic mass is 16.5. The molecule has 0 unspecified atom stereocenters. The molecule has 5 nitrogen and oxygen atoms in total. The van der Waals surface area contributed by atoms with Crippen LogP contribution in [0.15, 0.2) is 36.4 Å². The molecule has 1 aliphatic heterocycles. The second-order valence-corrected chi connectivity index (χ2v) is 5.86. The second kappa shape index (κ2) is 6.93. The zero-order valence-electron chi connectivity index (χ0n) is 13.7. The van der Waals surface area contributed by atoms with Gasteiger partial charge in [-0.25, -0.2) is 0 Å². The van der Waals surface area contributed by atoms with Gasteiger partial charge in [-0.3, -0.25) is 4.79 Å². The van der Waals surface area contributed by atoms with E-state index in [-0.39, 0.29) is 18.3 Å². The minimum Gasteiger partial charge on any atom is -0.508 e. The molecule has 0 radical (unpaired) electrons. The number of rotatable bonds is 6. The van der Waals surface area contributed by atoms with Gasteiger partial charge in [0.15, 0.2) is 0 Å². The average Bonchev–Trinajstić information content (AvgIpc) is 2.92. The molecule has 0 spiro atoms. The van der Waals surface area contributed by atoms with Crippen LogP contribution in [-0.2, 0) is 19.4 Å². The predicted octanol–water partition coefficient (Wildman–Crippen LogP) is 2.13. The van der Waals surface area contributed by atoms with Gasteiger partial charge in [0.2, 0.25) is 0 Å². The first-order chi connectivity index (χ1) is 11.7. The number of carbonyl (C=O) groups is 1. The minimum absolute atomic E-state index is 0.0546. The molecule has 0 fully saturated rings. The number of amides is 1. The van der Waals surface area contributed by atoms with Crippen LogP contribution in [0.3, 0.4) is 0 Å². The monoisotopic (exact) mass is 327 g/mol. The van der Waals surface area contributed by atoms with E-state index in [1.54, 1.807) is 13.2 Å². The Balaban J connectivity index is 1.76. The van der Waals surface area contributed by atoms with Crippen molar-refractivity contribution < 1.29 is 19.7 Å².